The molecule has 46 valence electrons. The highest BCUT2D eigenvalue weighted by Crippen LogP contribution is 2.01. The van der Waals surface area contributed by atoms with Crippen molar-refractivity contribution in [1.82, 2.24) is 5.32 Å². The third-order valence-electron chi connectivity index (χ3n) is 1.35. The Morgan fingerprint density at radius 3 is 3.00 bits per heavy atom. The zero-order chi connectivity index (χ0) is 5.82. The van der Waals surface area contributed by atoms with E-state index in [9.17, 15) is 0 Å². The molecule has 0 amide bonds. The molecule has 8 heavy (non-hydrogen) atoms. The molecule has 0 aromatic heterocycles. The summed E-state index contributed by atoms with van der Waals surface area (Å²) < 4.78 is 0. The van der Waals surface area contributed by atoms with Crippen LogP contribution in [0.5, 0.6) is 0 Å². The fourth-order valence-corrected chi connectivity index (χ4v) is 0.812. The molecule has 1 atom stereocenters. The standard InChI is InChI=1S/C6H11NO/c8-5-6-3-1-2-4-7-6/h2,4,6-8H,1,3,5H2. The molecule has 0 aromatic rings. The lowest BCUT2D eigenvalue weighted by molar-refractivity contribution is 0.243. The lowest BCUT2D eigenvalue weighted by Crippen LogP contribution is -2.29. The van der Waals surface area contributed by atoms with Gasteiger partial charge < -0.3 is 10.4 Å². The fourth-order valence-electron chi connectivity index (χ4n) is 0.812. The third kappa shape index (κ3) is 1.23. The first-order valence-electron chi connectivity index (χ1n) is 2.95. The molecule has 0 aromatic carbocycles. The molecule has 0 saturated carbocycles. The fraction of sp³-hybridized carbons (Fsp3) is 0.667. The van der Waals surface area contributed by atoms with E-state index in [2.05, 4.69) is 11.4 Å². The number of nitrogens with one attached hydrogen (secondary N) is 1. The summed E-state index contributed by atoms with van der Waals surface area (Å²) in [4.78, 5) is 0. The monoisotopic (exact) mass is 113 g/mol. The first-order valence-corrected chi connectivity index (χ1v) is 2.95. The van der Waals surface area contributed by atoms with Gasteiger partial charge in [-0.1, -0.05) is 6.08 Å². The molecule has 1 heterocycles. The predicted molar refractivity (Wildman–Crippen MR) is 32.4 cm³/mol. The van der Waals surface area contributed by atoms with Crippen molar-refractivity contribution in [3.63, 3.8) is 0 Å². The van der Waals surface area contributed by atoms with Crippen LogP contribution in [0.3, 0.4) is 0 Å². The molecular formula is C6H11NO. The molecule has 1 aliphatic heterocycles. The number of hydrogen-bond donors (Lipinski definition) is 2. The summed E-state index contributed by atoms with van der Waals surface area (Å²) in [5, 5.41) is 11.6. The van der Waals surface area contributed by atoms with Crippen LogP contribution in [-0.2, 0) is 0 Å². The SMILES string of the molecule is OCC1CCC=CN1. The Morgan fingerprint density at radius 1 is 1.75 bits per heavy atom. The lowest BCUT2D eigenvalue weighted by Gasteiger charge is -2.16. The van der Waals surface area contributed by atoms with Gasteiger partial charge in [0.15, 0.2) is 0 Å². The van der Waals surface area contributed by atoms with Crippen LogP contribution in [0.1, 0.15) is 12.8 Å². The zero-order valence-electron chi connectivity index (χ0n) is 4.80. The Balaban J connectivity index is 2.27. The van der Waals surface area contributed by atoms with E-state index in [1.165, 1.54) is 0 Å². The molecule has 0 aliphatic carbocycles. The zero-order valence-corrected chi connectivity index (χ0v) is 4.80. The summed E-state index contributed by atoms with van der Waals surface area (Å²) in [5.41, 5.74) is 0. The average Bonchev–Trinajstić information content (AvgIpc) is 1.90. The van der Waals surface area contributed by atoms with Crippen molar-refractivity contribution < 1.29 is 5.11 Å². The van der Waals surface area contributed by atoms with Crippen molar-refractivity contribution in [1.29, 1.82) is 0 Å². The third-order valence-corrected chi connectivity index (χ3v) is 1.35. The molecule has 0 radical (unpaired) electrons. The van der Waals surface area contributed by atoms with Crippen molar-refractivity contribution in [2.45, 2.75) is 18.9 Å². The van der Waals surface area contributed by atoms with Crippen LogP contribution in [0.2, 0.25) is 0 Å². The van der Waals surface area contributed by atoms with Crippen LogP contribution in [0, 0.1) is 0 Å². The minimum Gasteiger partial charge on any atom is -0.394 e. The molecule has 0 saturated heterocycles. The van der Waals surface area contributed by atoms with Crippen molar-refractivity contribution in [2.75, 3.05) is 6.61 Å². The Morgan fingerprint density at radius 2 is 2.62 bits per heavy atom. The van der Waals surface area contributed by atoms with Crippen LogP contribution < -0.4 is 5.32 Å². The van der Waals surface area contributed by atoms with E-state index < -0.39 is 0 Å². The largest absolute Gasteiger partial charge is 0.394 e. The van der Waals surface area contributed by atoms with Gasteiger partial charge in [-0.15, -0.1) is 0 Å². The van der Waals surface area contributed by atoms with Crippen molar-refractivity contribution in [2.24, 2.45) is 0 Å². The molecule has 0 fully saturated rings. The first kappa shape index (κ1) is 5.63. The molecule has 1 aliphatic rings. The van der Waals surface area contributed by atoms with Crippen molar-refractivity contribution >= 4 is 0 Å². The van der Waals surface area contributed by atoms with Gasteiger partial charge in [-0.2, -0.15) is 0 Å². The van der Waals surface area contributed by atoms with Crippen LogP contribution in [0.4, 0.5) is 0 Å². The molecular weight excluding hydrogens is 102 g/mol. The van der Waals surface area contributed by atoms with Gasteiger partial charge in [0, 0.05) is 6.04 Å². The maximum atomic E-state index is 8.59. The van der Waals surface area contributed by atoms with Gasteiger partial charge in [0.05, 0.1) is 6.61 Å². The van der Waals surface area contributed by atoms with Gasteiger partial charge in [0.25, 0.3) is 0 Å². The molecule has 0 bridgehead atoms. The molecule has 1 unspecified atom stereocenters. The number of hydrogen-bond acceptors (Lipinski definition) is 2. The number of rotatable bonds is 1. The summed E-state index contributed by atoms with van der Waals surface area (Å²) in [5.74, 6) is 0. The average molecular weight is 113 g/mol. The number of aliphatic hydroxyl groups excluding tert-OH is 1. The Hall–Kier alpha value is -0.500. The molecule has 1 rings (SSSR count). The van der Waals surface area contributed by atoms with E-state index in [-0.39, 0.29) is 6.61 Å². The highest BCUT2D eigenvalue weighted by molar-refractivity contribution is 4.89. The quantitative estimate of drug-likeness (QED) is 0.510. The molecule has 0 spiro atoms. The second-order valence-corrected chi connectivity index (χ2v) is 2.03. The van der Waals surface area contributed by atoms with Crippen molar-refractivity contribution in [3.8, 4) is 0 Å². The maximum absolute atomic E-state index is 8.59. The van der Waals surface area contributed by atoms with Crippen molar-refractivity contribution in [3.05, 3.63) is 12.3 Å². The minimum atomic E-state index is 0.254. The number of allylic oxidation sites excluding steroid dienone is 1. The van der Waals surface area contributed by atoms with Crippen LogP contribution >= 0.6 is 0 Å². The first-order chi connectivity index (χ1) is 3.93. The predicted octanol–water partition coefficient (Wildman–Crippen LogP) is 0.244. The van der Waals surface area contributed by atoms with Gasteiger partial charge >= 0.3 is 0 Å². The van der Waals surface area contributed by atoms with E-state index >= 15 is 0 Å². The van der Waals surface area contributed by atoms with E-state index in [1.54, 1.807) is 0 Å². The summed E-state index contributed by atoms with van der Waals surface area (Å²) >= 11 is 0. The highest BCUT2D eigenvalue weighted by Gasteiger charge is 2.04. The molecule has 2 N–H and O–H groups in total. The van der Waals surface area contributed by atoms with Crippen LogP contribution in [0.15, 0.2) is 12.3 Å². The van der Waals surface area contributed by atoms with Crippen LogP contribution in [-0.4, -0.2) is 17.8 Å². The Bertz CT molecular complexity index is 90.5. The van der Waals surface area contributed by atoms with Gasteiger partial charge in [-0.25, -0.2) is 0 Å². The molecule has 2 nitrogen and oxygen atoms in total. The van der Waals surface area contributed by atoms with Gasteiger partial charge in [-0.3, -0.25) is 0 Å². The van der Waals surface area contributed by atoms with Crippen LogP contribution in [0.25, 0.3) is 0 Å². The van der Waals surface area contributed by atoms with E-state index in [0.29, 0.717) is 6.04 Å². The van der Waals surface area contributed by atoms with E-state index in [4.69, 9.17) is 5.11 Å². The Kier molecular flexibility index (Phi) is 1.92. The second-order valence-electron chi connectivity index (χ2n) is 2.03. The topological polar surface area (TPSA) is 32.3 Å². The van der Waals surface area contributed by atoms with E-state index in [1.807, 2.05) is 6.20 Å². The summed E-state index contributed by atoms with van der Waals surface area (Å²) in [6, 6.07) is 0.306. The highest BCUT2D eigenvalue weighted by atomic mass is 16.3. The van der Waals surface area contributed by atoms with Gasteiger partial charge in [-0.05, 0) is 19.0 Å². The lowest BCUT2D eigenvalue weighted by atomic mass is 10.1. The minimum absolute atomic E-state index is 0.254. The van der Waals surface area contributed by atoms with Gasteiger partial charge in [0.1, 0.15) is 0 Å². The second kappa shape index (κ2) is 2.72. The number of aliphatic hydroxyl groups is 1. The summed E-state index contributed by atoms with van der Waals surface area (Å²) in [6.45, 7) is 0.254. The summed E-state index contributed by atoms with van der Waals surface area (Å²) in [6.07, 6.45) is 6.14. The normalized spacial score (nSPS) is 27.4. The van der Waals surface area contributed by atoms with E-state index in [0.717, 1.165) is 12.8 Å². The smallest absolute Gasteiger partial charge is 0.0632 e. The van der Waals surface area contributed by atoms with Gasteiger partial charge in [0.2, 0.25) is 0 Å². The Labute approximate surface area is 49.2 Å². The molecule has 2 heteroatoms. The summed E-state index contributed by atoms with van der Waals surface area (Å²) in [7, 11) is 0. The maximum Gasteiger partial charge on any atom is 0.0632 e.